The maximum Gasteiger partial charge on any atom is 0.0578 e. The van der Waals surface area contributed by atoms with Crippen molar-refractivity contribution in [2.75, 3.05) is 32.7 Å². The van der Waals surface area contributed by atoms with Gasteiger partial charge in [-0.3, -0.25) is 4.90 Å². The van der Waals surface area contributed by atoms with Crippen molar-refractivity contribution in [1.82, 2.24) is 9.80 Å². The molecule has 0 N–H and O–H groups in total. The maximum atomic E-state index is 5.99. The average molecular weight is 325 g/mol. The molecule has 0 bridgehead atoms. The highest BCUT2D eigenvalue weighted by Gasteiger charge is 2.27. The lowest BCUT2D eigenvalue weighted by Gasteiger charge is -2.38. The van der Waals surface area contributed by atoms with Crippen molar-refractivity contribution >= 4 is 0 Å². The quantitative estimate of drug-likeness (QED) is 0.703. The molecule has 0 aromatic heterocycles. The van der Waals surface area contributed by atoms with Gasteiger partial charge < -0.3 is 9.64 Å². The molecular formula is C20H40N2O. The number of nitrogens with zero attached hydrogens (tertiary/aromatic N) is 2. The minimum absolute atomic E-state index is 0.387. The van der Waals surface area contributed by atoms with Gasteiger partial charge in [-0.25, -0.2) is 0 Å². The van der Waals surface area contributed by atoms with Crippen molar-refractivity contribution in [2.24, 2.45) is 11.8 Å². The van der Waals surface area contributed by atoms with Gasteiger partial charge in [-0.05, 0) is 78.2 Å². The third-order valence-electron chi connectivity index (χ3n) is 6.03. The van der Waals surface area contributed by atoms with Crippen LogP contribution in [0.1, 0.15) is 66.7 Å². The number of piperazine rings is 1. The Morgan fingerprint density at radius 1 is 0.870 bits per heavy atom. The molecule has 1 aliphatic heterocycles. The van der Waals surface area contributed by atoms with Crippen LogP contribution in [0.25, 0.3) is 0 Å². The Balaban J connectivity index is 1.61. The van der Waals surface area contributed by atoms with Crippen LogP contribution >= 0.6 is 0 Å². The van der Waals surface area contributed by atoms with Crippen LogP contribution in [-0.2, 0) is 4.74 Å². The van der Waals surface area contributed by atoms with E-state index in [2.05, 4.69) is 44.4 Å². The summed E-state index contributed by atoms with van der Waals surface area (Å²) in [7, 11) is 0. The Bertz CT molecular complexity index is 316. The molecule has 23 heavy (non-hydrogen) atoms. The van der Waals surface area contributed by atoms with E-state index in [1.807, 2.05) is 0 Å². The Labute approximate surface area is 144 Å². The van der Waals surface area contributed by atoms with Crippen LogP contribution in [0.4, 0.5) is 0 Å². The van der Waals surface area contributed by atoms with Crippen LogP contribution in [0.5, 0.6) is 0 Å². The molecule has 0 amide bonds. The van der Waals surface area contributed by atoms with E-state index in [1.165, 1.54) is 64.8 Å². The number of hydrogen-bond donors (Lipinski definition) is 0. The van der Waals surface area contributed by atoms with Crippen LogP contribution in [-0.4, -0.2) is 60.8 Å². The van der Waals surface area contributed by atoms with Crippen LogP contribution in [0, 0.1) is 11.8 Å². The molecule has 0 unspecified atom stereocenters. The van der Waals surface area contributed by atoms with Gasteiger partial charge in [-0.15, -0.1) is 0 Å². The summed E-state index contributed by atoms with van der Waals surface area (Å²) in [6.07, 6.45) is 7.60. The number of rotatable bonds is 7. The highest BCUT2D eigenvalue weighted by molar-refractivity contribution is 4.79. The third-order valence-corrected chi connectivity index (χ3v) is 6.03. The topological polar surface area (TPSA) is 15.7 Å². The van der Waals surface area contributed by atoms with E-state index in [-0.39, 0.29) is 0 Å². The van der Waals surface area contributed by atoms with Gasteiger partial charge in [0, 0.05) is 32.2 Å². The summed E-state index contributed by atoms with van der Waals surface area (Å²) in [5, 5.41) is 0. The first kappa shape index (κ1) is 19.2. The predicted molar refractivity (Wildman–Crippen MR) is 98.9 cm³/mol. The fourth-order valence-electron chi connectivity index (χ4n) is 4.30. The number of hydrogen-bond acceptors (Lipinski definition) is 3. The van der Waals surface area contributed by atoms with Crippen molar-refractivity contribution in [3.8, 4) is 0 Å². The van der Waals surface area contributed by atoms with Crippen molar-refractivity contribution in [2.45, 2.75) is 85.0 Å². The monoisotopic (exact) mass is 324 g/mol. The van der Waals surface area contributed by atoms with E-state index in [0.717, 1.165) is 11.8 Å². The van der Waals surface area contributed by atoms with E-state index < -0.39 is 0 Å². The highest BCUT2D eigenvalue weighted by atomic mass is 16.5. The fraction of sp³-hybridized carbons (Fsp3) is 1.00. The summed E-state index contributed by atoms with van der Waals surface area (Å²) in [6.45, 7) is 17.8. The zero-order chi connectivity index (χ0) is 16.8. The first-order valence-corrected chi connectivity index (χ1v) is 10.1. The maximum absolute atomic E-state index is 5.99. The summed E-state index contributed by atoms with van der Waals surface area (Å²) in [5.41, 5.74) is 0. The molecular weight excluding hydrogens is 284 g/mol. The Morgan fingerprint density at radius 3 is 2.00 bits per heavy atom. The lowest BCUT2D eigenvalue weighted by atomic mass is 9.78. The largest absolute Gasteiger partial charge is 0.376 e. The molecule has 2 fully saturated rings. The summed E-state index contributed by atoms with van der Waals surface area (Å²) >= 11 is 0. The van der Waals surface area contributed by atoms with Crippen molar-refractivity contribution in [3.63, 3.8) is 0 Å². The van der Waals surface area contributed by atoms with Gasteiger partial charge in [-0.2, -0.15) is 0 Å². The Kier molecular flexibility index (Phi) is 7.84. The average Bonchev–Trinajstić information content (AvgIpc) is 2.53. The van der Waals surface area contributed by atoms with E-state index in [9.17, 15) is 0 Å². The summed E-state index contributed by atoms with van der Waals surface area (Å²) in [4.78, 5) is 5.29. The Morgan fingerprint density at radius 2 is 1.48 bits per heavy atom. The van der Waals surface area contributed by atoms with Gasteiger partial charge >= 0.3 is 0 Å². The van der Waals surface area contributed by atoms with Gasteiger partial charge in [0.1, 0.15) is 0 Å². The lowest BCUT2D eigenvalue weighted by Crippen LogP contribution is -2.49. The second-order valence-corrected chi connectivity index (χ2v) is 8.46. The van der Waals surface area contributed by atoms with Crippen LogP contribution in [0.2, 0.25) is 0 Å². The molecule has 1 heterocycles. The smallest absolute Gasteiger partial charge is 0.0578 e. The van der Waals surface area contributed by atoms with Crippen molar-refractivity contribution in [3.05, 3.63) is 0 Å². The van der Waals surface area contributed by atoms with Crippen LogP contribution in [0.15, 0.2) is 0 Å². The van der Waals surface area contributed by atoms with Crippen LogP contribution < -0.4 is 0 Å². The van der Waals surface area contributed by atoms with Gasteiger partial charge in [-0.1, -0.05) is 6.92 Å². The second kappa shape index (κ2) is 9.39. The minimum atomic E-state index is 0.387. The van der Waals surface area contributed by atoms with Crippen molar-refractivity contribution in [1.29, 1.82) is 0 Å². The normalized spacial score (nSPS) is 29.3. The SMILES string of the molecule is CC(C)O[C@H]1CC[C@H]([C@@H](C)CCN2CCN(C(C)C)CC2)CC1. The summed E-state index contributed by atoms with van der Waals surface area (Å²) in [6, 6.07) is 0.708. The van der Waals surface area contributed by atoms with Crippen LogP contribution in [0.3, 0.4) is 0 Å². The van der Waals surface area contributed by atoms with E-state index in [0.29, 0.717) is 18.2 Å². The van der Waals surface area contributed by atoms with E-state index >= 15 is 0 Å². The third kappa shape index (κ3) is 6.36. The molecule has 2 rings (SSSR count). The van der Waals surface area contributed by atoms with E-state index in [1.54, 1.807) is 0 Å². The molecule has 1 atom stereocenters. The molecule has 1 saturated heterocycles. The Hall–Kier alpha value is -0.120. The van der Waals surface area contributed by atoms with Gasteiger partial charge in [0.15, 0.2) is 0 Å². The lowest BCUT2D eigenvalue weighted by molar-refractivity contribution is -0.0245. The minimum Gasteiger partial charge on any atom is -0.376 e. The molecule has 0 spiro atoms. The first-order valence-electron chi connectivity index (χ1n) is 10.1. The van der Waals surface area contributed by atoms with Crippen molar-refractivity contribution < 1.29 is 4.74 Å². The first-order chi connectivity index (χ1) is 11.0. The standard InChI is InChI=1S/C20H40N2O/c1-16(2)22-14-12-21(13-15-22)11-10-18(5)19-6-8-20(9-7-19)23-17(3)4/h16-20H,6-15H2,1-5H3/t18-,19-,20-/m0/s1. The van der Waals surface area contributed by atoms with Gasteiger partial charge in [0.2, 0.25) is 0 Å². The highest BCUT2D eigenvalue weighted by Crippen LogP contribution is 2.33. The zero-order valence-electron chi connectivity index (χ0n) is 16.3. The number of ether oxygens (including phenoxy) is 1. The zero-order valence-corrected chi connectivity index (χ0v) is 16.3. The summed E-state index contributed by atoms with van der Waals surface area (Å²) in [5.74, 6) is 1.80. The predicted octanol–water partition coefficient (Wildman–Crippen LogP) is 4.02. The molecule has 2 aliphatic rings. The molecule has 3 nitrogen and oxygen atoms in total. The molecule has 0 radical (unpaired) electrons. The van der Waals surface area contributed by atoms with Gasteiger partial charge in [0.05, 0.1) is 12.2 Å². The molecule has 3 heteroatoms. The van der Waals surface area contributed by atoms with E-state index in [4.69, 9.17) is 4.74 Å². The fourth-order valence-corrected chi connectivity index (χ4v) is 4.30. The second-order valence-electron chi connectivity index (χ2n) is 8.46. The van der Waals surface area contributed by atoms with Gasteiger partial charge in [0.25, 0.3) is 0 Å². The molecule has 0 aromatic carbocycles. The molecule has 1 saturated carbocycles. The molecule has 136 valence electrons. The summed E-state index contributed by atoms with van der Waals surface area (Å²) < 4.78 is 5.99. The molecule has 1 aliphatic carbocycles. The molecule has 0 aromatic rings.